The van der Waals surface area contributed by atoms with Crippen molar-refractivity contribution in [1.82, 2.24) is 0 Å². The second-order valence-electron chi connectivity index (χ2n) is 14.2. The normalized spacial score (nSPS) is 13.5. The quantitative estimate of drug-likeness (QED) is 0.176. The van der Waals surface area contributed by atoms with Gasteiger partial charge in [-0.3, -0.25) is 0 Å². The average molecular weight is 701 g/mol. The fourth-order valence-corrected chi connectivity index (χ4v) is 8.44. The van der Waals surface area contributed by atoms with Crippen LogP contribution in [0, 0.1) is 0 Å². The lowest BCUT2D eigenvalue weighted by atomic mass is 9.92. The van der Waals surface area contributed by atoms with E-state index in [4.69, 9.17) is 14.4 Å². The number of hydrogen-bond acceptors (Lipinski definition) is 3. The van der Waals surface area contributed by atoms with E-state index in [0.717, 1.165) is 72.3 Å². The first-order valence-corrected chi connectivity index (χ1v) is 18.6. The van der Waals surface area contributed by atoms with Crippen molar-refractivity contribution in [3.05, 3.63) is 211 Å². The maximum absolute atomic E-state index is 6.85. The van der Waals surface area contributed by atoms with E-state index in [2.05, 4.69) is 158 Å². The van der Waals surface area contributed by atoms with Crippen LogP contribution in [0.5, 0.6) is 0 Å². The third-order valence-electron chi connectivity index (χ3n) is 11.0. The number of allylic oxidation sites excluding steroid dienone is 2. The summed E-state index contributed by atoms with van der Waals surface area (Å²) in [7, 11) is 0. The van der Waals surface area contributed by atoms with Gasteiger partial charge in [0.05, 0.1) is 11.4 Å². The van der Waals surface area contributed by atoms with E-state index in [1.54, 1.807) is 0 Å². The second-order valence-corrected chi connectivity index (χ2v) is 14.2. The van der Waals surface area contributed by atoms with Crippen LogP contribution in [0.1, 0.15) is 16.7 Å². The van der Waals surface area contributed by atoms with Crippen molar-refractivity contribution in [2.75, 3.05) is 0 Å². The van der Waals surface area contributed by atoms with Gasteiger partial charge >= 0.3 is 0 Å². The molecule has 1 aliphatic heterocycles. The largest absolute Gasteiger partial charge is 0.455 e. The monoisotopic (exact) mass is 700 g/mol. The molecule has 2 heterocycles. The molecule has 0 unspecified atom stereocenters. The third-order valence-corrected chi connectivity index (χ3v) is 11.0. The minimum absolute atomic E-state index is 0.628. The lowest BCUT2D eigenvalue weighted by Crippen LogP contribution is -2.07. The van der Waals surface area contributed by atoms with Gasteiger partial charge in [0.2, 0.25) is 0 Å². The van der Waals surface area contributed by atoms with Crippen molar-refractivity contribution in [2.24, 2.45) is 9.98 Å². The van der Waals surface area contributed by atoms with Gasteiger partial charge in [0.15, 0.2) is 5.84 Å². The molecule has 11 rings (SSSR count). The molecule has 0 bridgehead atoms. The highest BCUT2D eigenvalue weighted by atomic mass is 16.3. The molecular weight excluding hydrogens is 669 g/mol. The zero-order valence-electron chi connectivity index (χ0n) is 29.8. The van der Waals surface area contributed by atoms with Gasteiger partial charge in [-0.15, -0.1) is 0 Å². The lowest BCUT2D eigenvalue weighted by Gasteiger charge is -2.10. The van der Waals surface area contributed by atoms with E-state index in [1.165, 1.54) is 38.6 Å². The Morgan fingerprint density at radius 3 is 1.71 bits per heavy atom. The van der Waals surface area contributed by atoms with E-state index < -0.39 is 0 Å². The number of hydrogen-bond donors (Lipinski definition) is 0. The first-order chi connectivity index (χ1) is 27.2. The summed E-state index contributed by atoms with van der Waals surface area (Å²) in [4.78, 5) is 10.6. The highest BCUT2D eigenvalue weighted by molar-refractivity contribution is 6.30. The van der Waals surface area contributed by atoms with Crippen molar-refractivity contribution < 1.29 is 4.42 Å². The first kappa shape index (κ1) is 31.2. The van der Waals surface area contributed by atoms with Crippen molar-refractivity contribution in [2.45, 2.75) is 0 Å². The SMILES string of the molecule is C=C1C=C(c2ccccc2)N=C(c2ccc(-c3ccccc3)cc2)N=C1c1cccc2oc3c(-c4ccc5c6c(cccc46)-c4ccccc4-5)cccc3c12. The summed E-state index contributed by atoms with van der Waals surface area (Å²) in [6, 6.07) is 61.7. The Kier molecular flexibility index (Phi) is 7.01. The Hall–Kier alpha value is -7.36. The van der Waals surface area contributed by atoms with Gasteiger partial charge in [-0.25, -0.2) is 9.98 Å². The molecule has 256 valence electrons. The van der Waals surface area contributed by atoms with Crippen LogP contribution in [0.25, 0.3) is 82.9 Å². The highest BCUT2D eigenvalue weighted by Crippen LogP contribution is 2.50. The molecule has 3 nitrogen and oxygen atoms in total. The summed E-state index contributed by atoms with van der Waals surface area (Å²) in [5.74, 6) is 0.628. The topological polar surface area (TPSA) is 37.9 Å². The van der Waals surface area contributed by atoms with Crippen LogP contribution < -0.4 is 0 Å². The first-order valence-electron chi connectivity index (χ1n) is 18.6. The molecule has 3 heteroatoms. The van der Waals surface area contributed by atoms with Gasteiger partial charge < -0.3 is 4.42 Å². The number of nitrogens with zero attached hydrogens (tertiary/aromatic N) is 2. The molecule has 1 aromatic heterocycles. The number of aliphatic imine (C=N–C) groups is 2. The maximum Gasteiger partial charge on any atom is 0.160 e. The van der Waals surface area contributed by atoms with Crippen LogP contribution in [-0.2, 0) is 0 Å². The minimum atomic E-state index is 0.628. The van der Waals surface area contributed by atoms with Crippen LogP contribution >= 0.6 is 0 Å². The molecule has 0 amide bonds. The van der Waals surface area contributed by atoms with Crippen LogP contribution in [0.15, 0.2) is 209 Å². The third kappa shape index (κ3) is 4.98. The van der Waals surface area contributed by atoms with Crippen molar-refractivity contribution in [3.63, 3.8) is 0 Å². The van der Waals surface area contributed by atoms with E-state index in [0.29, 0.717) is 5.84 Å². The van der Waals surface area contributed by atoms with Gasteiger partial charge in [-0.05, 0) is 67.4 Å². The smallest absolute Gasteiger partial charge is 0.160 e. The maximum atomic E-state index is 6.85. The highest BCUT2D eigenvalue weighted by Gasteiger charge is 2.25. The Morgan fingerprint density at radius 1 is 0.382 bits per heavy atom. The number of para-hydroxylation sites is 1. The Labute approximate surface area is 318 Å². The molecule has 0 N–H and O–H groups in total. The summed E-state index contributed by atoms with van der Waals surface area (Å²) in [5.41, 5.74) is 16.6. The fourth-order valence-electron chi connectivity index (χ4n) is 8.44. The van der Waals surface area contributed by atoms with E-state index >= 15 is 0 Å². The standard InChI is InChI=1S/C52H32N2O/c1-32-31-46(35-15-6-3-7-16-35)53-52(36-27-25-34(26-28-36)33-13-4-2-5-14-33)54-50(32)44-22-12-24-47-49(44)45-23-11-21-43(51(45)55-47)39-29-30-42-38-18-9-8-17-37(38)40-19-10-20-41(39)48(40)42/h2-31H,1H2. The van der Waals surface area contributed by atoms with Crippen LogP contribution in [0.4, 0.5) is 0 Å². The number of fused-ring (bicyclic) bond motifs is 6. The summed E-state index contributed by atoms with van der Waals surface area (Å²) in [5, 5.41) is 4.56. The molecule has 0 saturated heterocycles. The zero-order valence-corrected chi connectivity index (χ0v) is 29.8. The second kappa shape index (κ2) is 12.4. The lowest BCUT2D eigenvalue weighted by molar-refractivity contribution is 0.670. The molecule has 2 aliphatic rings. The molecule has 55 heavy (non-hydrogen) atoms. The molecular formula is C52H32N2O. The molecule has 0 spiro atoms. The summed E-state index contributed by atoms with van der Waals surface area (Å²) < 4.78 is 6.85. The van der Waals surface area contributed by atoms with Gasteiger partial charge in [0.1, 0.15) is 11.2 Å². The van der Waals surface area contributed by atoms with E-state index in [1.807, 2.05) is 30.3 Å². The number of amidine groups is 1. The number of rotatable bonds is 5. The van der Waals surface area contributed by atoms with Crippen LogP contribution in [-0.4, -0.2) is 11.5 Å². The van der Waals surface area contributed by atoms with Crippen LogP contribution in [0.3, 0.4) is 0 Å². The predicted octanol–water partition coefficient (Wildman–Crippen LogP) is 13.6. The van der Waals surface area contributed by atoms with Crippen molar-refractivity contribution in [3.8, 4) is 44.5 Å². The van der Waals surface area contributed by atoms with Crippen molar-refractivity contribution in [1.29, 1.82) is 0 Å². The average Bonchev–Trinajstić information content (AvgIpc) is 3.74. The van der Waals surface area contributed by atoms with Gasteiger partial charge in [-0.1, -0.05) is 176 Å². The number of benzene rings is 8. The molecule has 0 saturated carbocycles. The van der Waals surface area contributed by atoms with Gasteiger partial charge in [0.25, 0.3) is 0 Å². The fraction of sp³-hybridized carbons (Fsp3) is 0. The minimum Gasteiger partial charge on any atom is -0.455 e. The molecule has 0 atom stereocenters. The van der Waals surface area contributed by atoms with Crippen LogP contribution in [0.2, 0.25) is 0 Å². The molecule has 0 radical (unpaired) electrons. The Balaban J connectivity index is 1.09. The Morgan fingerprint density at radius 2 is 0.945 bits per heavy atom. The summed E-state index contributed by atoms with van der Waals surface area (Å²) in [6.45, 7) is 4.59. The molecule has 8 aromatic carbocycles. The Bertz CT molecular complexity index is 3100. The number of furan rings is 1. The van der Waals surface area contributed by atoms with Gasteiger partial charge in [0, 0.05) is 33.0 Å². The molecule has 0 fully saturated rings. The summed E-state index contributed by atoms with van der Waals surface area (Å²) in [6.07, 6.45) is 2.05. The molecule has 1 aliphatic carbocycles. The molecule has 9 aromatic rings. The van der Waals surface area contributed by atoms with E-state index in [9.17, 15) is 0 Å². The van der Waals surface area contributed by atoms with Crippen molar-refractivity contribution >= 4 is 50.0 Å². The predicted molar refractivity (Wildman–Crippen MR) is 230 cm³/mol. The van der Waals surface area contributed by atoms with E-state index in [-0.39, 0.29) is 0 Å². The van der Waals surface area contributed by atoms with Gasteiger partial charge in [-0.2, -0.15) is 0 Å². The summed E-state index contributed by atoms with van der Waals surface area (Å²) >= 11 is 0. The zero-order chi connectivity index (χ0) is 36.5.